The monoisotopic (exact) mass is 257 g/mol. The van der Waals surface area contributed by atoms with Gasteiger partial charge in [-0.15, -0.1) is 0 Å². The summed E-state index contributed by atoms with van der Waals surface area (Å²) < 4.78 is 0. The van der Waals surface area contributed by atoms with Crippen LogP contribution in [0.5, 0.6) is 0 Å². The van der Waals surface area contributed by atoms with Crippen LogP contribution in [0.4, 0.5) is 4.79 Å². The lowest BCUT2D eigenvalue weighted by molar-refractivity contribution is -0.138. The van der Waals surface area contributed by atoms with Crippen LogP contribution in [-0.4, -0.2) is 65.2 Å². The minimum Gasteiger partial charge on any atom is -0.480 e. The normalized spacial score (nSPS) is 21.1. The van der Waals surface area contributed by atoms with E-state index < -0.39 is 12.0 Å². The second kappa shape index (κ2) is 6.58. The summed E-state index contributed by atoms with van der Waals surface area (Å²) in [6.07, 6.45) is 0.955. The molecule has 0 bridgehead atoms. The first-order valence-electron chi connectivity index (χ1n) is 6.51. The molecular weight excluding hydrogens is 234 g/mol. The number of carbonyl (C=O) groups excluding carboxylic acids is 1. The van der Waals surface area contributed by atoms with Gasteiger partial charge in [0.25, 0.3) is 0 Å². The molecule has 1 heterocycles. The van der Waals surface area contributed by atoms with E-state index in [4.69, 9.17) is 5.11 Å². The van der Waals surface area contributed by atoms with Crippen molar-refractivity contribution in [3.05, 3.63) is 0 Å². The van der Waals surface area contributed by atoms with Crippen molar-refractivity contribution in [1.29, 1.82) is 0 Å². The first-order valence-corrected chi connectivity index (χ1v) is 6.51. The molecule has 0 saturated carbocycles. The van der Waals surface area contributed by atoms with Crippen molar-refractivity contribution in [3.63, 3.8) is 0 Å². The summed E-state index contributed by atoms with van der Waals surface area (Å²) in [5.41, 5.74) is 0. The number of nitrogens with one attached hydrogen (secondary N) is 1. The van der Waals surface area contributed by atoms with E-state index in [1.165, 1.54) is 6.92 Å². The number of aliphatic carboxylic acids is 1. The number of hydrogen-bond acceptors (Lipinski definition) is 3. The van der Waals surface area contributed by atoms with Crippen LogP contribution in [0.2, 0.25) is 0 Å². The van der Waals surface area contributed by atoms with Crippen LogP contribution in [0.1, 0.15) is 27.2 Å². The first-order chi connectivity index (χ1) is 8.49. The van der Waals surface area contributed by atoms with E-state index in [0.717, 1.165) is 19.5 Å². The molecule has 0 radical (unpaired) electrons. The highest BCUT2D eigenvalue weighted by molar-refractivity contribution is 5.82. The van der Waals surface area contributed by atoms with Gasteiger partial charge in [0.05, 0.1) is 0 Å². The molecular formula is C12H23N3O3. The lowest BCUT2D eigenvalue weighted by Crippen LogP contribution is -2.47. The molecule has 6 nitrogen and oxygen atoms in total. The maximum Gasteiger partial charge on any atom is 0.325 e. The van der Waals surface area contributed by atoms with Gasteiger partial charge in [0.15, 0.2) is 0 Å². The van der Waals surface area contributed by atoms with Crippen molar-refractivity contribution in [2.75, 3.05) is 26.2 Å². The molecule has 1 saturated heterocycles. The number of likely N-dealkylation sites (N-methyl/N-ethyl adjacent to an activating group) is 1. The van der Waals surface area contributed by atoms with E-state index in [-0.39, 0.29) is 6.03 Å². The van der Waals surface area contributed by atoms with Crippen LogP contribution in [0.3, 0.4) is 0 Å². The van der Waals surface area contributed by atoms with Crippen LogP contribution >= 0.6 is 0 Å². The summed E-state index contributed by atoms with van der Waals surface area (Å²) in [6.45, 7) is 9.01. The summed E-state index contributed by atoms with van der Waals surface area (Å²) in [4.78, 5) is 26.5. The second-order valence-electron chi connectivity index (χ2n) is 4.62. The van der Waals surface area contributed by atoms with Crippen LogP contribution in [-0.2, 0) is 4.79 Å². The Hall–Kier alpha value is -1.30. The Bertz CT molecular complexity index is 305. The molecule has 2 unspecified atom stereocenters. The SMILES string of the molecule is CCN(CC)C1CCN(C(=O)NC(C)C(=O)O)C1. The topological polar surface area (TPSA) is 72.9 Å². The fourth-order valence-electron chi connectivity index (χ4n) is 2.30. The average Bonchev–Trinajstić information content (AvgIpc) is 2.80. The molecule has 1 aliphatic rings. The van der Waals surface area contributed by atoms with E-state index in [2.05, 4.69) is 24.1 Å². The van der Waals surface area contributed by atoms with Gasteiger partial charge in [0, 0.05) is 19.1 Å². The molecule has 104 valence electrons. The predicted octanol–water partition coefficient (Wildman–Crippen LogP) is 0.585. The molecule has 0 aromatic rings. The van der Waals surface area contributed by atoms with Crippen molar-refractivity contribution in [2.24, 2.45) is 0 Å². The molecule has 1 rings (SSSR count). The maximum absolute atomic E-state index is 11.8. The fraction of sp³-hybridized carbons (Fsp3) is 0.833. The number of urea groups is 1. The number of nitrogens with zero attached hydrogens (tertiary/aromatic N) is 2. The predicted molar refractivity (Wildman–Crippen MR) is 68.5 cm³/mol. The Morgan fingerprint density at radius 3 is 2.56 bits per heavy atom. The number of rotatable bonds is 5. The van der Waals surface area contributed by atoms with Gasteiger partial charge in [-0.3, -0.25) is 9.69 Å². The number of hydrogen-bond donors (Lipinski definition) is 2. The minimum absolute atomic E-state index is 0.278. The fourth-order valence-corrected chi connectivity index (χ4v) is 2.30. The Labute approximate surface area is 108 Å². The Kier molecular flexibility index (Phi) is 5.40. The quantitative estimate of drug-likeness (QED) is 0.756. The van der Waals surface area contributed by atoms with Crippen molar-refractivity contribution in [3.8, 4) is 0 Å². The van der Waals surface area contributed by atoms with Gasteiger partial charge in [-0.1, -0.05) is 13.8 Å². The molecule has 18 heavy (non-hydrogen) atoms. The molecule has 2 amide bonds. The van der Waals surface area contributed by atoms with Gasteiger partial charge in [-0.2, -0.15) is 0 Å². The first kappa shape index (κ1) is 14.8. The molecule has 0 aliphatic carbocycles. The summed E-state index contributed by atoms with van der Waals surface area (Å²) in [5.74, 6) is -1.01. The van der Waals surface area contributed by atoms with E-state index in [1.54, 1.807) is 4.90 Å². The van der Waals surface area contributed by atoms with Gasteiger partial charge < -0.3 is 15.3 Å². The third-order valence-corrected chi connectivity index (χ3v) is 3.49. The lowest BCUT2D eigenvalue weighted by atomic mass is 10.2. The van der Waals surface area contributed by atoms with Crippen molar-refractivity contribution in [2.45, 2.75) is 39.3 Å². The number of carbonyl (C=O) groups is 2. The van der Waals surface area contributed by atoms with Gasteiger partial charge in [0.1, 0.15) is 6.04 Å². The Balaban J connectivity index is 2.46. The van der Waals surface area contributed by atoms with Gasteiger partial charge >= 0.3 is 12.0 Å². The molecule has 0 aromatic carbocycles. The average molecular weight is 257 g/mol. The zero-order valence-corrected chi connectivity index (χ0v) is 11.3. The molecule has 2 N–H and O–H groups in total. The van der Waals surface area contributed by atoms with Crippen molar-refractivity contribution in [1.82, 2.24) is 15.1 Å². The highest BCUT2D eigenvalue weighted by Gasteiger charge is 2.30. The maximum atomic E-state index is 11.8. The summed E-state index contributed by atoms with van der Waals surface area (Å²) in [6, 6.07) is -0.726. The number of likely N-dealkylation sites (tertiary alicyclic amines) is 1. The van der Waals surface area contributed by atoms with Gasteiger partial charge in [-0.05, 0) is 26.4 Å². The van der Waals surface area contributed by atoms with Crippen LogP contribution in [0.15, 0.2) is 0 Å². The molecule has 2 atom stereocenters. The Morgan fingerprint density at radius 2 is 2.06 bits per heavy atom. The molecule has 1 fully saturated rings. The summed E-state index contributed by atoms with van der Waals surface area (Å²) in [7, 11) is 0. The smallest absolute Gasteiger partial charge is 0.325 e. The molecule has 0 spiro atoms. The number of carboxylic acid groups (broad SMARTS) is 1. The molecule has 6 heteroatoms. The standard InChI is InChI=1S/C12H23N3O3/c1-4-14(5-2)10-6-7-15(8-10)12(18)13-9(3)11(16)17/h9-10H,4-8H2,1-3H3,(H,13,18)(H,16,17). The van der Waals surface area contributed by atoms with E-state index in [1.807, 2.05) is 0 Å². The summed E-state index contributed by atoms with van der Waals surface area (Å²) >= 11 is 0. The van der Waals surface area contributed by atoms with Crippen molar-refractivity contribution >= 4 is 12.0 Å². The number of amides is 2. The van der Waals surface area contributed by atoms with Gasteiger partial charge in [0.2, 0.25) is 0 Å². The Morgan fingerprint density at radius 1 is 1.44 bits per heavy atom. The van der Waals surface area contributed by atoms with Crippen LogP contribution in [0.25, 0.3) is 0 Å². The highest BCUT2D eigenvalue weighted by atomic mass is 16.4. The molecule has 1 aliphatic heterocycles. The van der Waals surface area contributed by atoms with E-state index in [0.29, 0.717) is 19.1 Å². The summed E-state index contributed by atoms with van der Waals surface area (Å²) in [5, 5.41) is 11.2. The lowest BCUT2D eigenvalue weighted by Gasteiger charge is -2.26. The highest BCUT2D eigenvalue weighted by Crippen LogP contribution is 2.15. The van der Waals surface area contributed by atoms with Crippen LogP contribution in [0, 0.1) is 0 Å². The second-order valence-corrected chi connectivity index (χ2v) is 4.62. The molecule has 0 aromatic heterocycles. The zero-order chi connectivity index (χ0) is 13.7. The largest absolute Gasteiger partial charge is 0.480 e. The third-order valence-electron chi connectivity index (χ3n) is 3.49. The minimum atomic E-state index is -1.01. The van der Waals surface area contributed by atoms with Crippen molar-refractivity contribution < 1.29 is 14.7 Å². The van der Waals surface area contributed by atoms with E-state index >= 15 is 0 Å². The van der Waals surface area contributed by atoms with Gasteiger partial charge in [-0.25, -0.2) is 4.79 Å². The van der Waals surface area contributed by atoms with E-state index in [9.17, 15) is 9.59 Å². The zero-order valence-electron chi connectivity index (χ0n) is 11.3. The third kappa shape index (κ3) is 3.60. The number of carboxylic acids is 1. The van der Waals surface area contributed by atoms with Crippen LogP contribution < -0.4 is 5.32 Å².